The Morgan fingerprint density at radius 3 is 2.65 bits per heavy atom. The molecule has 3 heterocycles. The summed E-state index contributed by atoms with van der Waals surface area (Å²) in [7, 11) is 1.92. The van der Waals surface area contributed by atoms with Gasteiger partial charge in [-0.1, -0.05) is 30.3 Å². The zero-order valence-electron chi connectivity index (χ0n) is 13.2. The highest BCUT2D eigenvalue weighted by Gasteiger charge is 2.18. The topological polar surface area (TPSA) is 58.9 Å². The molecule has 1 aliphatic rings. The molecule has 6 nitrogen and oxygen atoms in total. The van der Waals surface area contributed by atoms with Gasteiger partial charge >= 0.3 is 0 Å². The van der Waals surface area contributed by atoms with Gasteiger partial charge in [0, 0.05) is 26.7 Å². The van der Waals surface area contributed by atoms with Crippen molar-refractivity contribution in [1.29, 1.82) is 0 Å². The van der Waals surface area contributed by atoms with Crippen LogP contribution in [0.4, 0.5) is 11.8 Å². The number of hydrogen-bond donors (Lipinski definition) is 1. The van der Waals surface area contributed by atoms with Crippen LogP contribution in [0.3, 0.4) is 0 Å². The molecule has 0 unspecified atom stereocenters. The van der Waals surface area contributed by atoms with Gasteiger partial charge in [-0.05, 0) is 18.4 Å². The molecule has 0 radical (unpaired) electrons. The van der Waals surface area contributed by atoms with Crippen LogP contribution in [0, 0.1) is 0 Å². The fourth-order valence-electron chi connectivity index (χ4n) is 2.99. The fraction of sp³-hybridized carbons (Fsp3) is 0.353. The Balaban J connectivity index is 1.68. The van der Waals surface area contributed by atoms with Gasteiger partial charge in [0.15, 0.2) is 5.65 Å². The second kappa shape index (κ2) is 5.87. The molecular weight excluding hydrogens is 288 g/mol. The van der Waals surface area contributed by atoms with Crippen LogP contribution < -0.4 is 10.2 Å². The van der Waals surface area contributed by atoms with Gasteiger partial charge in [0.05, 0.1) is 11.6 Å². The molecule has 0 saturated carbocycles. The molecule has 0 spiro atoms. The normalized spacial score (nSPS) is 14.6. The monoisotopic (exact) mass is 308 g/mol. The molecule has 0 atom stereocenters. The first-order valence-corrected chi connectivity index (χ1v) is 8.04. The number of nitrogens with zero attached hydrogens (tertiary/aromatic N) is 5. The van der Waals surface area contributed by atoms with Crippen molar-refractivity contribution in [1.82, 2.24) is 19.7 Å². The Labute approximate surface area is 135 Å². The van der Waals surface area contributed by atoms with Crippen LogP contribution in [0.1, 0.15) is 18.4 Å². The lowest BCUT2D eigenvalue weighted by atomic mass is 10.2. The zero-order chi connectivity index (χ0) is 15.6. The molecule has 4 rings (SSSR count). The highest BCUT2D eigenvalue weighted by atomic mass is 15.3. The lowest BCUT2D eigenvalue weighted by molar-refractivity contribution is 0.782. The zero-order valence-corrected chi connectivity index (χ0v) is 13.2. The van der Waals surface area contributed by atoms with Gasteiger partial charge in [-0.2, -0.15) is 15.1 Å². The van der Waals surface area contributed by atoms with Gasteiger partial charge in [-0.15, -0.1) is 0 Å². The van der Waals surface area contributed by atoms with Gasteiger partial charge in [-0.25, -0.2) is 0 Å². The quantitative estimate of drug-likeness (QED) is 0.803. The highest BCUT2D eigenvalue weighted by molar-refractivity contribution is 5.87. The molecule has 118 valence electrons. The predicted molar refractivity (Wildman–Crippen MR) is 91.5 cm³/mol. The molecule has 1 aliphatic heterocycles. The van der Waals surface area contributed by atoms with E-state index in [2.05, 4.69) is 27.4 Å². The predicted octanol–water partition coefficient (Wildman–Crippen LogP) is 2.58. The first kappa shape index (κ1) is 14.0. The Morgan fingerprint density at radius 2 is 1.87 bits per heavy atom. The Bertz CT molecular complexity index is 805. The summed E-state index contributed by atoms with van der Waals surface area (Å²) < 4.78 is 1.81. The maximum atomic E-state index is 4.76. The molecule has 23 heavy (non-hydrogen) atoms. The van der Waals surface area contributed by atoms with Crippen molar-refractivity contribution < 1.29 is 0 Å². The second-order valence-corrected chi connectivity index (χ2v) is 5.91. The maximum absolute atomic E-state index is 4.76. The first-order valence-electron chi connectivity index (χ1n) is 8.04. The van der Waals surface area contributed by atoms with Gasteiger partial charge in [-0.3, -0.25) is 4.68 Å². The molecule has 0 aliphatic carbocycles. The van der Waals surface area contributed by atoms with Crippen molar-refractivity contribution in [2.24, 2.45) is 7.05 Å². The Kier molecular flexibility index (Phi) is 3.57. The van der Waals surface area contributed by atoms with E-state index in [1.54, 1.807) is 0 Å². The smallest absolute Gasteiger partial charge is 0.229 e. The molecule has 6 heteroatoms. The van der Waals surface area contributed by atoms with E-state index < -0.39 is 0 Å². The number of fused-ring (bicyclic) bond motifs is 1. The third-order valence-corrected chi connectivity index (χ3v) is 4.27. The van der Waals surface area contributed by atoms with Crippen molar-refractivity contribution in [2.75, 3.05) is 23.3 Å². The third kappa shape index (κ3) is 2.72. The van der Waals surface area contributed by atoms with Crippen LogP contribution in [0.5, 0.6) is 0 Å². The van der Waals surface area contributed by atoms with Crippen LogP contribution in [-0.2, 0) is 13.6 Å². The van der Waals surface area contributed by atoms with Gasteiger partial charge in [0.25, 0.3) is 0 Å². The summed E-state index contributed by atoms with van der Waals surface area (Å²) >= 11 is 0. The van der Waals surface area contributed by atoms with E-state index in [-0.39, 0.29) is 0 Å². The number of anilines is 2. The van der Waals surface area contributed by atoms with Crippen molar-refractivity contribution in [3.05, 3.63) is 42.1 Å². The van der Waals surface area contributed by atoms with Crippen LogP contribution in [0.25, 0.3) is 11.0 Å². The summed E-state index contributed by atoms with van der Waals surface area (Å²) in [5.41, 5.74) is 2.10. The van der Waals surface area contributed by atoms with Crippen molar-refractivity contribution >= 4 is 22.8 Å². The number of aryl methyl sites for hydroxylation is 1. The molecule has 1 fully saturated rings. The van der Waals surface area contributed by atoms with E-state index in [9.17, 15) is 0 Å². The molecule has 0 amide bonds. The largest absolute Gasteiger partial charge is 0.365 e. The molecule has 1 N–H and O–H groups in total. The molecule has 1 saturated heterocycles. The van der Waals surface area contributed by atoms with Crippen LogP contribution in [-0.4, -0.2) is 32.8 Å². The van der Waals surface area contributed by atoms with Crippen molar-refractivity contribution in [3.8, 4) is 0 Å². The summed E-state index contributed by atoms with van der Waals surface area (Å²) in [5.74, 6) is 1.66. The van der Waals surface area contributed by atoms with Gasteiger partial charge in [0.2, 0.25) is 5.95 Å². The van der Waals surface area contributed by atoms with Crippen molar-refractivity contribution in [3.63, 3.8) is 0 Å². The standard InChI is InChI=1S/C17H20N6/c1-22-16-14(12-19-22)15(18-11-13-7-3-2-4-8-13)20-17(21-16)23-9-5-6-10-23/h2-4,7-8,12H,5-6,9-11H2,1H3,(H,18,20,21). The van der Waals surface area contributed by atoms with Gasteiger partial charge < -0.3 is 10.2 Å². The molecule has 0 bridgehead atoms. The van der Waals surface area contributed by atoms with E-state index in [4.69, 9.17) is 9.97 Å². The van der Waals surface area contributed by atoms with Crippen LogP contribution in [0.15, 0.2) is 36.5 Å². The average molecular weight is 308 g/mol. The minimum atomic E-state index is 0.737. The highest BCUT2D eigenvalue weighted by Crippen LogP contribution is 2.25. The van der Waals surface area contributed by atoms with Crippen LogP contribution in [0.2, 0.25) is 0 Å². The second-order valence-electron chi connectivity index (χ2n) is 5.91. The summed E-state index contributed by atoms with van der Waals surface area (Å²) in [6.45, 7) is 2.80. The number of aromatic nitrogens is 4. The maximum Gasteiger partial charge on any atom is 0.229 e. The number of nitrogens with one attached hydrogen (secondary N) is 1. The minimum absolute atomic E-state index is 0.737. The summed E-state index contributed by atoms with van der Waals surface area (Å²) in [6, 6.07) is 10.3. The minimum Gasteiger partial charge on any atom is -0.365 e. The lowest BCUT2D eigenvalue weighted by Gasteiger charge is -2.17. The molecule has 1 aromatic carbocycles. The Hall–Kier alpha value is -2.63. The SMILES string of the molecule is Cn1ncc2c(NCc3ccccc3)nc(N3CCCC3)nc21. The third-order valence-electron chi connectivity index (χ3n) is 4.27. The number of hydrogen-bond acceptors (Lipinski definition) is 5. The van der Waals surface area contributed by atoms with Crippen molar-refractivity contribution in [2.45, 2.75) is 19.4 Å². The van der Waals surface area contributed by atoms with E-state index in [1.165, 1.54) is 18.4 Å². The van der Waals surface area contributed by atoms with E-state index in [0.717, 1.165) is 42.4 Å². The van der Waals surface area contributed by atoms with Gasteiger partial charge in [0.1, 0.15) is 5.82 Å². The summed E-state index contributed by atoms with van der Waals surface area (Å²) in [4.78, 5) is 11.7. The molecule has 3 aromatic rings. The fourth-order valence-corrected chi connectivity index (χ4v) is 2.99. The Morgan fingerprint density at radius 1 is 1.09 bits per heavy atom. The lowest BCUT2D eigenvalue weighted by Crippen LogP contribution is -2.21. The molecule has 2 aromatic heterocycles. The van der Waals surface area contributed by atoms with Crippen LogP contribution >= 0.6 is 0 Å². The number of rotatable bonds is 4. The first-order chi connectivity index (χ1) is 11.3. The van der Waals surface area contributed by atoms with E-state index >= 15 is 0 Å². The van der Waals surface area contributed by atoms with E-state index in [0.29, 0.717) is 0 Å². The van der Waals surface area contributed by atoms with E-state index in [1.807, 2.05) is 36.1 Å². The summed E-state index contributed by atoms with van der Waals surface area (Å²) in [6.07, 6.45) is 4.25. The summed E-state index contributed by atoms with van der Waals surface area (Å²) in [5, 5.41) is 8.75. The molecular formula is C17H20N6. The average Bonchev–Trinajstić information content (AvgIpc) is 3.24. The number of benzene rings is 1.